The van der Waals surface area contributed by atoms with Crippen LogP contribution in [0.4, 0.5) is 0 Å². The molecule has 0 bridgehead atoms. The highest BCUT2D eigenvalue weighted by molar-refractivity contribution is 7.89. The van der Waals surface area contributed by atoms with Gasteiger partial charge in [0.2, 0.25) is 10.0 Å². The van der Waals surface area contributed by atoms with E-state index >= 15 is 0 Å². The zero-order valence-corrected chi connectivity index (χ0v) is 12.4. The Bertz CT molecular complexity index is 388. The molecule has 2 rings (SSSR count). The van der Waals surface area contributed by atoms with Crippen molar-refractivity contribution in [3.8, 4) is 0 Å². The summed E-state index contributed by atoms with van der Waals surface area (Å²) in [5.41, 5.74) is 5.94. The fraction of sp³-hybridized carbons (Fsp3) is 1.00. The Kier molecular flexibility index (Phi) is 4.04. The van der Waals surface area contributed by atoms with Gasteiger partial charge < -0.3 is 5.73 Å². The van der Waals surface area contributed by atoms with Crippen LogP contribution in [0.1, 0.15) is 46.0 Å². The molecule has 2 aliphatic rings. The normalized spacial score (nSPS) is 30.1. The van der Waals surface area contributed by atoms with Crippen molar-refractivity contribution in [3.05, 3.63) is 0 Å². The van der Waals surface area contributed by atoms with Gasteiger partial charge in [-0.25, -0.2) is 12.7 Å². The van der Waals surface area contributed by atoms with Crippen LogP contribution in [0.2, 0.25) is 0 Å². The van der Waals surface area contributed by atoms with Crippen LogP contribution in [0.15, 0.2) is 0 Å². The highest BCUT2D eigenvalue weighted by Crippen LogP contribution is 2.32. The molecule has 18 heavy (non-hydrogen) atoms. The van der Waals surface area contributed by atoms with Crippen LogP contribution in [0, 0.1) is 11.3 Å². The first-order chi connectivity index (χ1) is 8.31. The summed E-state index contributed by atoms with van der Waals surface area (Å²) in [4.78, 5) is 0. The monoisotopic (exact) mass is 274 g/mol. The Morgan fingerprint density at radius 2 is 1.94 bits per heavy atom. The van der Waals surface area contributed by atoms with Crippen LogP contribution in [0.25, 0.3) is 0 Å². The number of hydrogen-bond acceptors (Lipinski definition) is 3. The molecule has 1 atom stereocenters. The van der Waals surface area contributed by atoms with Crippen molar-refractivity contribution >= 4 is 10.0 Å². The minimum Gasteiger partial charge on any atom is -0.327 e. The Morgan fingerprint density at radius 3 is 2.44 bits per heavy atom. The third-order valence-electron chi connectivity index (χ3n) is 4.68. The molecular formula is C13H26N2O2S. The molecule has 2 fully saturated rings. The molecular weight excluding hydrogens is 248 g/mol. The molecule has 106 valence electrons. The molecule has 0 spiro atoms. The molecule has 1 aliphatic carbocycles. The Balaban J connectivity index is 1.92. The molecule has 2 N–H and O–H groups in total. The second-order valence-electron chi connectivity index (χ2n) is 6.62. The first kappa shape index (κ1) is 14.3. The first-order valence-corrected chi connectivity index (χ1v) is 8.65. The van der Waals surface area contributed by atoms with E-state index in [1.54, 1.807) is 4.31 Å². The number of piperidine rings is 1. The summed E-state index contributed by atoms with van der Waals surface area (Å²) in [6.45, 7) is 5.29. The lowest BCUT2D eigenvalue weighted by Crippen LogP contribution is -2.54. The minimum absolute atomic E-state index is 0.107. The van der Waals surface area contributed by atoms with Crippen molar-refractivity contribution in [2.75, 3.05) is 18.8 Å². The van der Waals surface area contributed by atoms with Crippen molar-refractivity contribution in [1.82, 2.24) is 4.31 Å². The van der Waals surface area contributed by atoms with Crippen molar-refractivity contribution in [2.45, 2.75) is 52.0 Å². The first-order valence-electron chi connectivity index (χ1n) is 7.05. The number of nitrogens with two attached hydrogens (primary N) is 1. The quantitative estimate of drug-likeness (QED) is 0.846. The molecule has 1 unspecified atom stereocenters. The predicted molar refractivity (Wildman–Crippen MR) is 73.7 cm³/mol. The molecule has 5 heteroatoms. The predicted octanol–water partition coefficient (Wildman–Crippen LogP) is 1.57. The summed E-state index contributed by atoms with van der Waals surface area (Å²) in [6.07, 6.45) is 5.31. The van der Waals surface area contributed by atoms with Gasteiger partial charge in [-0.05, 0) is 24.2 Å². The summed E-state index contributed by atoms with van der Waals surface area (Å²) < 4.78 is 26.3. The fourth-order valence-electron chi connectivity index (χ4n) is 2.79. The van der Waals surface area contributed by atoms with E-state index in [1.165, 1.54) is 19.3 Å². The van der Waals surface area contributed by atoms with E-state index in [1.807, 2.05) is 0 Å². The molecule has 1 aliphatic heterocycles. The fourth-order valence-corrected chi connectivity index (χ4v) is 4.59. The molecule has 0 aromatic rings. The lowest BCUT2D eigenvalue weighted by Gasteiger charge is -2.42. The van der Waals surface area contributed by atoms with E-state index in [-0.39, 0.29) is 11.5 Å². The van der Waals surface area contributed by atoms with Crippen LogP contribution in [0.3, 0.4) is 0 Å². The number of nitrogens with zero attached hydrogens (tertiary/aromatic N) is 1. The zero-order chi connectivity index (χ0) is 13.4. The second kappa shape index (κ2) is 5.10. The van der Waals surface area contributed by atoms with Gasteiger partial charge in [-0.15, -0.1) is 0 Å². The van der Waals surface area contributed by atoms with E-state index in [4.69, 9.17) is 5.73 Å². The maximum absolute atomic E-state index is 12.3. The van der Waals surface area contributed by atoms with E-state index in [2.05, 4.69) is 13.8 Å². The standard InChI is InChI=1S/C13H26N2O2S/c1-13(2)10-15(8-6-12(13)14)18(16,17)9-7-11-4-3-5-11/h11-12H,3-10,14H2,1-2H3. The molecule has 0 radical (unpaired) electrons. The molecule has 4 nitrogen and oxygen atoms in total. The van der Waals surface area contributed by atoms with Crippen LogP contribution in [0.5, 0.6) is 0 Å². The lowest BCUT2D eigenvalue weighted by molar-refractivity contribution is 0.155. The molecule has 1 saturated heterocycles. The SMILES string of the molecule is CC1(C)CN(S(=O)(=O)CCC2CCC2)CCC1N. The van der Waals surface area contributed by atoms with Gasteiger partial charge in [-0.2, -0.15) is 0 Å². The van der Waals surface area contributed by atoms with Gasteiger partial charge in [-0.1, -0.05) is 33.1 Å². The number of hydrogen-bond donors (Lipinski definition) is 1. The van der Waals surface area contributed by atoms with Gasteiger partial charge in [0, 0.05) is 19.1 Å². The van der Waals surface area contributed by atoms with Gasteiger partial charge >= 0.3 is 0 Å². The second-order valence-corrected chi connectivity index (χ2v) is 8.71. The topological polar surface area (TPSA) is 63.4 Å². The van der Waals surface area contributed by atoms with Crippen LogP contribution < -0.4 is 5.73 Å². The minimum atomic E-state index is -3.07. The Labute approximate surface area is 111 Å². The van der Waals surface area contributed by atoms with Gasteiger partial charge in [0.15, 0.2) is 0 Å². The molecule has 0 aromatic heterocycles. The summed E-state index contributed by atoms with van der Waals surface area (Å²) >= 11 is 0. The summed E-state index contributed by atoms with van der Waals surface area (Å²) in [5, 5.41) is 0. The number of sulfonamides is 1. The highest BCUT2D eigenvalue weighted by Gasteiger charge is 2.38. The molecule has 1 saturated carbocycles. The summed E-state index contributed by atoms with van der Waals surface area (Å²) in [7, 11) is -3.07. The van der Waals surface area contributed by atoms with Gasteiger partial charge in [0.25, 0.3) is 0 Å². The third kappa shape index (κ3) is 3.06. The molecule has 0 amide bonds. The van der Waals surface area contributed by atoms with Gasteiger partial charge in [0.1, 0.15) is 0 Å². The summed E-state index contributed by atoms with van der Waals surface area (Å²) in [5.74, 6) is 0.975. The van der Waals surface area contributed by atoms with Crippen molar-refractivity contribution in [2.24, 2.45) is 17.1 Å². The zero-order valence-electron chi connectivity index (χ0n) is 11.6. The van der Waals surface area contributed by atoms with Gasteiger partial charge in [-0.3, -0.25) is 0 Å². The summed E-state index contributed by atoms with van der Waals surface area (Å²) in [6, 6.07) is 0.107. The van der Waals surface area contributed by atoms with Gasteiger partial charge in [0.05, 0.1) is 5.75 Å². The van der Waals surface area contributed by atoms with E-state index in [0.717, 1.165) is 12.8 Å². The van der Waals surface area contributed by atoms with Crippen LogP contribution in [-0.2, 0) is 10.0 Å². The average molecular weight is 274 g/mol. The van der Waals surface area contributed by atoms with E-state index in [0.29, 0.717) is 24.8 Å². The van der Waals surface area contributed by atoms with Crippen molar-refractivity contribution in [3.63, 3.8) is 0 Å². The van der Waals surface area contributed by atoms with E-state index in [9.17, 15) is 8.42 Å². The lowest BCUT2D eigenvalue weighted by atomic mass is 9.81. The molecule has 0 aromatic carbocycles. The number of rotatable bonds is 4. The highest BCUT2D eigenvalue weighted by atomic mass is 32.2. The van der Waals surface area contributed by atoms with Crippen molar-refractivity contribution in [1.29, 1.82) is 0 Å². The Morgan fingerprint density at radius 1 is 1.28 bits per heavy atom. The smallest absolute Gasteiger partial charge is 0.214 e. The third-order valence-corrected chi connectivity index (χ3v) is 6.53. The Hall–Kier alpha value is -0.130. The van der Waals surface area contributed by atoms with E-state index < -0.39 is 10.0 Å². The maximum atomic E-state index is 12.3. The van der Waals surface area contributed by atoms with Crippen molar-refractivity contribution < 1.29 is 8.42 Å². The largest absolute Gasteiger partial charge is 0.327 e. The maximum Gasteiger partial charge on any atom is 0.214 e. The molecule has 1 heterocycles. The van der Waals surface area contributed by atoms with Crippen LogP contribution in [-0.4, -0.2) is 37.6 Å². The average Bonchev–Trinajstić information content (AvgIpc) is 2.19. The van der Waals surface area contributed by atoms with Crippen LogP contribution >= 0.6 is 0 Å².